The van der Waals surface area contributed by atoms with Crippen LogP contribution < -0.4 is 5.32 Å². The number of hydrogen-bond donors (Lipinski definition) is 1. The van der Waals surface area contributed by atoms with E-state index in [0.717, 1.165) is 4.90 Å². The van der Waals surface area contributed by atoms with Gasteiger partial charge >= 0.3 is 11.9 Å². The molecule has 0 saturated carbocycles. The van der Waals surface area contributed by atoms with Gasteiger partial charge < -0.3 is 14.8 Å². The second-order valence-corrected chi connectivity index (χ2v) is 8.02. The highest BCUT2D eigenvalue weighted by molar-refractivity contribution is 8.18. The first-order valence-electron chi connectivity index (χ1n) is 9.35. The molecule has 11 heteroatoms. The van der Waals surface area contributed by atoms with Crippen LogP contribution >= 0.6 is 23.4 Å². The van der Waals surface area contributed by atoms with E-state index in [2.05, 4.69) is 14.8 Å². The fourth-order valence-electron chi connectivity index (χ4n) is 2.83. The van der Waals surface area contributed by atoms with Crippen molar-refractivity contribution in [2.24, 2.45) is 0 Å². The number of nitrogens with zero attached hydrogens (tertiary/aromatic N) is 1. The Morgan fingerprint density at radius 1 is 1.03 bits per heavy atom. The minimum Gasteiger partial charge on any atom is -0.465 e. The van der Waals surface area contributed by atoms with E-state index in [0.29, 0.717) is 22.9 Å². The van der Waals surface area contributed by atoms with Gasteiger partial charge in [-0.25, -0.2) is 9.59 Å². The lowest BCUT2D eigenvalue weighted by Gasteiger charge is -2.13. The fourth-order valence-corrected chi connectivity index (χ4v) is 3.87. The fraction of sp³-hybridized carbons (Fsp3) is 0.136. The van der Waals surface area contributed by atoms with Crippen molar-refractivity contribution in [1.29, 1.82) is 0 Å². The number of esters is 2. The highest BCUT2D eigenvalue weighted by Crippen LogP contribution is 2.32. The van der Waals surface area contributed by atoms with E-state index in [4.69, 9.17) is 11.6 Å². The molecule has 1 N–H and O–H groups in total. The summed E-state index contributed by atoms with van der Waals surface area (Å²) in [7, 11) is 2.47. The lowest BCUT2D eigenvalue weighted by Crippen LogP contribution is -2.36. The first-order valence-corrected chi connectivity index (χ1v) is 10.5. The minimum absolute atomic E-state index is 0.0595. The van der Waals surface area contributed by atoms with Crippen molar-refractivity contribution in [3.8, 4) is 0 Å². The molecule has 1 saturated heterocycles. The predicted octanol–water partition coefficient (Wildman–Crippen LogP) is 3.59. The summed E-state index contributed by atoms with van der Waals surface area (Å²) < 4.78 is 9.26. The Morgan fingerprint density at radius 2 is 1.70 bits per heavy atom. The van der Waals surface area contributed by atoms with Gasteiger partial charge in [0.15, 0.2) is 0 Å². The average molecular weight is 489 g/mol. The average Bonchev–Trinajstić information content (AvgIpc) is 3.07. The molecule has 3 amide bonds. The van der Waals surface area contributed by atoms with Crippen LogP contribution in [0.15, 0.2) is 47.4 Å². The number of amides is 3. The van der Waals surface area contributed by atoms with Crippen molar-refractivity contribution >= 4 is 64.1 Å². The number of rotatable bonds is 6. The van der Waals surface area contributed by atoms with Gasteiger partial charge in [-0.1, -0.05) is 23.7 Å². The number of ether oxygens (including phenoxy) is 2. The van der Waals surface area contributed by atoms with E-state index >= 15 is 0 Å². The summed E-state index contributed by atoms with van der Waals surface area (Å²) >= 11 is 6.65. The molecule has 0 radical (unpaired) electrons. The Morgan fingerprint density at radius 3 is 2.33 bits per heavy atom. The van der Waals surface area contributed by atoms with Crippen molar-refractivity contribution in [3.05, 3.63) is 69.1 Å². The molecule has 3 rings (SSSR count). The highest BCUT2D eigenvalue weighted by Gasteiger charge is 2.36. The molecule has 2 aromatic rings. The third-order valence-electron chi connectivity index (χ3n) is 4.46. The van der Waals surface area contributed by atoms with Crippen LogP contribution in [-0.4, -0.2) is 54.7 Å². The molecule has 0 aromatic heterocycles. The number of imide groups is 1. The maximum absolute atomic E-state index is 12.6. The van der Waals surface area contributed by atoms with Crippen LogP contribution in [0.25, 0.3) is 6.08 Å². The number of halogens is 1. The molecular weight excluding hydrogens is 472 g/mol. The van der Waals surface area contributed by atoms with Gasteiger partial charge in [0.05, 0.1) is 35.3 Å². The third-order valence-corrected chi connectivity index (χ3v) is 5.70. The number of nitrogens with one attached hydrogen (secondary N) is 1. The van der Waals surface area contributed by atoms with E-state index in [1.165, 1.54) is 50.6 Å². The summed E-state index contributed by atoms with van der Waals surface area (Å²) in [4.78, 5) is 61.5. The minimum atomic E-state index is -0.674. The molecule has 9 nitrogen and oxygen atoms in total. The van der Waals surface area contributed by atoms with E-state index in [-0.39, 0.29) is 21.2 Å². The molecule has 1 aliphatic rings. The van der Waals surface area contributed by atoms with Crippen molar-refractivity contribution in [2.45, 2.75) is 0 Å². The zero-order valence-corrected chi connectivity index (χ0v) is 19.0. The molecule has 0 unspecified atom stereocenters. The smallest absolute Gasteiger partial charge is 0.339 e. The number of benzene rings is 2. The molecule has 1 fully saturated rings. The molecule has 1 aliphatic heterocycles. The lowest BCUT2D eigenvalue weighted by molar-refractivity contribution is -0.127. The molecule has 0 spiro atoms. The van der Waals surface area contributed by atoms with Gasteiger partial charge in [0, 0.05) is 5.69 Å². The normalized spacial score (nSPS) is 14.4. The summed E-state index contributed by atoms with van der Waals surface area (Å²) in [6.45, 7) is -0.514. The Labute approximate surface area is 197 Å². The second-order valence-electron chi connectivity index (χ2n) is 6.62. The maximum Gasteiger partial charge on any atom is 0.339 e. The first-order chi connectivity index (χ1) is 15.7. The molecular formula is C22H17ClN2O7S. The number of carbonyl (C=O) groups excluding carboxylic acids is 5. The van der Waals surface area contributed by atoms with Crippen LogP contribution in [0.4, 0.5) is 10.5 Å². The first kappa shape index (κ1) is 24.0. The number of thioether (sulfide) groups is 1. The Kier molecular flexibility index (Phi) is 7.52. The monoisotopic (exact) mass is 488 g/mol. The predicted molar refractivity (Wildman–Crippen MR) is 122 cm³/mol. The molecule has 0 atom stereocenters. The quantitative estimate of drug-likeness (QED) is 0.484. The van der Waals surface area contributed by atoms with Crippen molar-refractivity contribution < 1.29 is 33.4 Å². The third kappa shape index (κ3) is 5.60. The largest absolute Gasteiger partial charge is 0.465 e. The number of anilines is 1. The lowest BCUT2D eigenvalue weighted by atomic mass is 10.1. The molecule has 33 heavy (non-hydrogen) atoms. The van der Waals surface area contributed by atoms with Gasteiger partial charge in [0.25, 0.3) is 11.1 Å². The van der Waals surface area contributed by atoms with Crippen LogP contribution in [0.1, 0.15) is 26.3 Å². The van der Waals surface area contributed by atoms with E-state index < -0.39 is 35.5 Å². The molecule has 2 aromatic carbocycles. The van der Waals surface area contributed by atoms with Gasteiger partial charge in [-0.3, -0.25) is 19.3 Å². The SMILES string of the molecule is COC(=O)c1ccc(/C=C2/SC(=O)N(CC(=O)Nc3ccc(Cl)c(C(=O)OC)c3)C2=O)cc1. The number of carbonyl (C=O) groups is 5. The van der Waals surface area contributed by atoms with Crippen LogP contribution in [0.3, 0.4) is 0 Å². The Bertz CT molecular complexity index is 1180. The molecule has 1 heterocycles. The van der Waals surface area contributed by atoms with Gasteiger partial charge in [0.2, 0.25) is 5.91 Å². The van der Waals surface area contributed by atoms with E-state index in [1.54, 1.807) is 12.1 Å². The van der Waals surface area contributed by atoms with Crippen LogP contribution in [-0.2, 0) is 19.1 Å². The maximum atomic E-state index is 12.6. The Balaban J connectivity index is 1.68. The van der Waals surface area contributed by atoms with Crippen LogP contribution in [0, 0.1) is 0 Å². The van der Waals surface area contributed by atoms with Crippen LogP contribution in [0.5, 0.6) is 0 Å². The van der Waals surface area contributed by atoms with Gasteiger partial charge in [-0.15, -0.1) is 0 Å². The van der Waals surface area contributed by atoms with Gasteiger partial charge in [0.1, 0.15) is 6.54 Å². The summed E-state index contributed by atoms with van der Waals surface area (Å²) in [5.74, 6) is -2.43. The van der Waals surface area contributed by atoms with Gasteiger partial charge in [-0.05, 0) is 53.7 Å². The standard InChI is InChI=1S/C22H17ClN2O7S/c1-31-20(28)13-5-3-12(4-6-13)9-17-19(27)25(22(30)33-17)11-18(26)24-14-7-8-16(23)15(10-14)21(29)32-2/h3-10H,11H2,1-2H3,(H,24,26)/b17-9+. The summed E-state index contributed by atoms with van der Waals surface area (Å²) in [6, 6.07) is 10.5. The zero-order valence-electron chi connectivity index (χ0n) is 17.4. The molecule has 0 bridgehead atoms. The highest BCUT2D eigenvalue weighted by atomic mass is 35.5. The summed E-state index contributed by atoms with van der Waals surface area (Å²) in [6.07, 6.45) is 1.49. The second kappa shape index (κ2) is 10.3. The van der Waals surface area contributed by atoms with Crippen molar-refractivity contribution in [1.82, 2.24) is 4.90 Å². The molecule has 0 aliphatic carbocycles. The topological polar surface area (TPSA) is 119 Å². The summed E-state index contributed by atoms with van der Waals surface area (Å²) in [5.41, 5.74) is 1.24. The zero-order chi connectivity index (χ0) is 24.1. The van der Waals surface area contributed by atoms with Crippen LogP contribution in [0.2, 0.25) is 5.02 Å². The number of hydrogen-bond acceptors (Lipinski definition) is 8. The van der Waals surface area contributed by atoms with Gasteiger partial charge in [-0.2, -0.15) is 0 Å². The summed E-state index contributed by atoms with van der Waals surface area (Å²) in [5, 5.41) is 2.07. The van der Waals surface area contributed by atoms with Crippen molar-refractivity contribution in [2.75, 3.05) is 26.1 Å². The number of methoxy groups -OCH3 is 2. The molecule has 170 valence electrons. The van der Waals surface area contributed by atoms with E-state index in [9.17, 15) is 24.0 Å². The van der Waals surface area contributed by atoms with E-state index in [1.807, 2.05) is 0 Å². The van der Waals surface area contributed by atoms with Crippen molar-refractivity contribution in [3.63, 3.8) is 0 Å². The Hall–Kier alpha value is -3.63.